The zero-order valence-electron chi connectivity index (χ0n) is 28.3. The first-order valence-corrected chi connectivity index (χ1v) is 15.6. The van der Waals surface area contributed by atoms with Crippen molar-refractivity contribution in [3.63, 3.8) is 0 Å². The standard InChI is InChI=1S/C30H35F2N5O7.C2HF3O2/c1-17-13-30(44-34-17)9-8-18(2)35-16-23(30)36-15-21(27(39)33-14-19-6-7-20(31)12-22(19)32)25(38)26(24(36)28(35)40)43-29(41)42-11-10-37(3,4)5;3-2(4,5)1(6)7/h6-7,12,15,18,23H,8-11,13-14,16H2,1-5H3;(H,6,7)/t18-,23+,30-;/m0./s1. The Morgan fingerprint density at radius 3 is 2.41 bits per heavy atom. The van der Waals surface area contributed by atoms with Gasteiger partial charge in [0.1, 0.15) is 36.3 Å². The number of carbonyl (C=O) groups excluding carboxylic acids is 4. The van der Waals surface area contributed by atoms with E-state index >= 15 is 0 Å². The highest BCUT2D eigenvalue weighted by Gasteiger charge is 2.54. The van der Waals surface area contributed by atoms with Gasteiger partial charge < -0.3 is 43.5 Å². The molecular weight excluding hydrogens is 693 g/mol. The van der Waals surface area contributed by atoms with Crippen molar-refractivity contribution in [1.29, 1.82) is 0 Å². The number of fused-ring (bicyclic) bond motifs is 5. The predicted molar refractivity (Wildman–Crippen MR) is 164 cm³/mol. The van der Waals surface area contributed by atoms with E-state index in [2.05, 4.69) is 10.5 Å². The van der Waals surface area contributed by atoms with Crippen LogP contribution < -0.4 is 20.6 Å². The molecule has 0 unspecified atom stereocenters. The number of oxime groups is 1. The fraction of sp³-hybridized carbons (Fsp3) is 0.500. The van der Waals surface area contributed by atoms with Gasteiger partial charge in [-0.05, 0) is 32.8 Å². The van der Waals surface area contributed by atoms with Gasteiger partial charge in [-0.2, -0.15) is 13.2 Å². The highest BCUT2D eigenvalue weighted by atomic mass is 19.4. The molecule has 5 rings (SSSR count). The second kappa shape index (κ2) is 14.7. The third kappa shape index (κ3) is 8.81. The van der Waals surface area contributed by atoms with Gasteiger partial charge in [0.05, 0.1) is 32.9 Å². The van der Waals surface area contributed by atoms with Crippen LogP contribution in [0, 0.1) is 11.6 Å². The van der Waals surface area contributed by atoms with E-state index in [-0.39, 0.29) is 37.0 Å². The minimum Gasteiger partial charge on any atom is -0.542 e. The summed E-state index contributed by atoms with van der Waals surface area (Å²) in [6.07, 6.45) is -3.59. The molecule has 2 bridgehead atoms. The minimum absolute atomic E-state index is 0.00961. The summed E-state index contributed by atoms with van der Waals surface area (Å²) in [5, 5.41) is 15.4. The van der Waals surface area contributed by atoms with Crippen LogP contribution in [0.2, 0.25) is 0 Å². The lowest BCUT2D eigenvalue weighted by Crippen LogP contribution is -2.52. The van der Waals surface area contributed by atoms with E-state index in [0.717, 1.165) is 11.8 Å². The molecule has 1 saturated heterocycles. The van der Waals surface area contributed by atoms with E-state index in [1.807, 2.05) is 35.0 Å². The summed E-state index contributed by atoms with van der Waals surface area (Å²) in [6.45, 7) is 3.98. The minimum atomic E-state index is -5.19. The molecule has 1 N–H and O–H groups in total. The Labute approximate surface area is 287 Å². The molecule has 19 heteroatoms. The van der Waals surface area contributed by atoms with Gasteiger partial charge in [0.2, 0.25) is 11.2 Å². The lowest BCUT2D eigenvalue weighted by Gasteiger charge is -2.42. The number of quaternary nitrogens is 1. The highest BCUT2D eigenvalue weighted by molar-refractivity contribution is 6.00. The molecule has 0 radical (unpaired) electrons. The van der Waals surface area contributed by atoms with E-state index in [9.17, 15) is 41.1 Å². The molecule has 4 heterocycles. The van der Waals surface area contributed by atoms with Crippen molar-refractivity contribution in [1.82, 2.24) is 14.8 Å². The maximum absolute atomic E-state index is 14.2. The molecule has 278 valence electrons. The molecule has 1 fully saturated rings. The third-order valence-electron chi connectivity index (χ3n) is 8.52. The number of alkyl halides is 3. The number of nitrogens with zero attached hydrogens (tertiary/aromatic N) is 4. The van der Waals surface area contributed by atoms with Crippen molar-refractivity contribution in [2.75, 3.05) is 40.8 Å². The number of nitrogens with one attached hydrogen (secondary N) is 1. The van der Waals surface area contributed by atoms with Crippen molar-refractivity contribution in [3.05, 3.63) is 63.1 Å². The number of hydrogen-bond donors (Lipinski definition) is 1. The van der Waals surface area contributed by atoms with Crippen molar-refractivity contribution in [2.45, 2.75) is 63.5 Å². The Morgan fingerprint density at radius 2 is 1.84 bits per heavy atom. The van der Waals surface area contributed by atoms with Crippen LogP contribution in [0.25, 0.3) is 0 Å². The molecule has 1 spiro atoms. The average molecular weight is 730 g/mol. The van der Waals surface area contributed by atoms with Gasteiger partial charge in [-0.1, -0.05) is 11.2 Å². The zero-order chi connectivity index (χ0) is 38.1. The number of carbonyl (C=O) groups is 4. The number of rotatable bonds is 7. The van der Waals surface area contributed by atoms with Crippen LogP contribution in [0.5, 0.6) is 5.75 Å². The summed E-state index contributed by atoms with van der Waals surface area (Å²) in [5.41, 5.74) is -1.82. The molecule has 3 atom stereocenters. The molecular formula is C32H36F5N5O9. The van der Waals surface area contributed by atoms with Crippen molar-refractivity contribution in [2.24, 2.45) is 5.16 Å². The first-order chi connectivity index (χ1) is 23.6. The molecule has 51 heavy (non-hydrogen) atoms. The molecule has 14 nitrogen and oxygen atoms in total. The summed E-state index contributed by atoms with van der Waals surface area (Å²) in [4.78, 5) is 70.4. The molecule has 0 aliphatic carbocycles. The zero-order valence-corrected chi connectivity index (χ0v) is 28.3. The van der Waals surface area contributed by atoms with E-state index in [0.29, 0.717) is 36.4 Å². The van der Waals surface area contributed by atoms with Crippen LogP contribution in [0.15, 0.2) is 34.3 Å². The summed E-state index contributed by atoms with van der Waals surface area (Å²) in [6, 6.07) is 2.08. The quantitative estimate of drug-likeness (QED) is 0.256. The number of aromatic nitrogens is 1. The van der Waals surface area contributed by atoms with Crippen LogP contribution in [0.3, 0.4) is 0 Å². The molecule has 2 amide bonds. The fourth-order valence-electron chi connectivity index (χ4n) is 5.82. The highest BCUT2D eigenvalue weighted by Crippen LogP contribution is 2.46. The summed E-state index contributed by atoms with van der Waals surface area (Å²) in [7, 11) is 5.71. The third-order valence-corrected chi connectivity index (χ3v) is 8.52. The van der Waals surface area contributed by atoms with Crippen LogP contribution >= 0.6 is 0 Å². The Bertz CT molecular complexity index is 1810. The van der Waals surface area contributed by atoms with Crippen LogP contribution in [-0.4, -0.2) is 102 Å². The number of likely N-dealkylation sites (N-methyl/N-ethyl adjacent to an activating group) is 1. The van der Waals surface area contributed by atoms with Gasteiger partial charge in [0.25, 0.3) is 11.8 Å². The van der Waals surface area contributed by atoms with Gasteiger partial charge in [-0.3, -0.25) is 14.4 Å². The summed E-state index contributed by atoms with van der Waals surface area (Å²) >= 11 is 0. The Kier molecular flexibility index (Phi) is 11.1. The lowest BCUT2D eigenvalue weighted by atomic mass is 9.84. The molecule has 2 aromatic rings. The number of carboxylic acids is 1. The molecule has 1 aromatic carbocycles. The molecule has 0 saturated carbocycles. The number of hydrogen-bond acceptors (Lipinski definition) is 10. The van der Waals surface area contributed by atoms with Crippen molar-refractivity contribution < 1.29 is 65.0 Å². The van der Waals surface area contributed by atoms with E-state index in [1.165, 1.54) is 16.8 Å². The SMILES string of the molecule is CC1=NO[C@@]2(CC[C@H](C)N3C[C@H]2n2cc(C(=O)NCc4ccc(F)cc4F)c(=O)c(OC(=O)OCC[N+](C)(C)C)c2C3=O)C1.O=C([O-])C(F)(F)F. The van der Waals surface area contributed by atoms with Gasteiger partial charge in [-0.25, -0.2) is 13.6 Å². The number of halogens is 5. The van der Waals surface area contributed by atoms with Crippen molar-refractivity contribution in [3.8, 4) is 5.75 Å². The van der Waals surface area contributed by atoms with E-state index < -0.39 is 70.1 Å². The first-order valence-electron chi connectivity index (χ1n) is 15.6. The second-order valence-corrected chi connectivity index (χ2v) is 13.4. The lowest BCUT2D eigenvalue weighted by molar-refractivity contribution is -0.870. The second-order valence-electron chi connectivity index (χ2n) is 13.4. The molecule has 3 aliphatic rings. The Balaban J connectivity index is 0.000000755. The van der Waals surface area contributed by atoms with Crippen LogP contribution in [0.4, 0.5) is 26.7 Å². The maximum Gasteiger partial charge on any atom is 0.514 e. The van der Waals surface area contributed by atoms with Gasteiger partial charge in [0, 0.05) is 43.4 Å². The maximum atomic E-state index is 14.2. The monoisotopic (exact) mass is 729 g/mol. The summed E-state index contributed by atoms with van der Waals surface area (Å²) < 4.78 is 71.8. The smallest absolute Gasteiger partial charge is 0.514 e. The topological polar surface area (TPSA) is 169 Å². The first kappa shape index (κ1) is 38.7. The normalized spacial score (nSPS) is 21.0. The molecule has 1 aromatic heterocycles. The number of benzene rings is 1. The van der Waals surface area contributed by atoms with E-state index in [1.54, 1.807) is 4.90 Å². The van der Waals surface area contributed by atoms with Gasteiger partial charge in [0.15, 0.2) is 11.3 Å². The number of amides is 2. The van der Waals surface area contributed by atoms with Crippen LogP contribution in [0.1, 0.15) is 65.6 Å². The van der Waals surface area contributed by atoms with Crippen LogP contribution in [-0.2, 0) is 20.9 Å². The largest absolute Gasteiger partial charge is 0.542 e. The number of carboxylic acid groups (broad SMARTS) is 1. The number of pyridine rings is 1. The Hall–Kier alpha value is -5.07. The van der Waals surface area contributed by atoms with E-state index in [4.69, 9.17) is 24.2 Å². The average Bonchev–Trinajstić information content (AvgIpc) is 3.35. The fourth-order valence-corrected chi connectivity index (χ4v) is 5.82. The number of aliphatic carboxylic acids is 1. The van der Waals surface area contributed by atoms with Crippen molar-refractivity contribution >= 4 is 29.7 Å². The number of ether oxygens (including phenoxy) is 2. The molecule has 3 aliphatic heterocycles. The summed E-state index contributed by atoms with van der Waals surface area (Å²) in [5.74, 6) is -6.77. The predicted octanol–water partition coefficient (Wildman–Crippen LogP) is 2.29. The Morgan fingerprint density at radius 1 is 1.18 bits per heavy atom. The van der Waals surface area contributed by atoms with Gasteiger partial charge in [-0.15, -0.1) is 0 Å². The van der Waals surface area contributed by atoms with Gasteiger partial charge >= 0.3 is 12.3 Å².